The number of rotatable bonds is 8. The van der Waals surface area contributed by atoms with E-state index in [0.717, 1.165) is 24.4 Å². The van der Waals surface area contributed by atoms with Crippen molar-refractivity contribution in [3.05, 3.63) is 23.7 Å². The van der Waals surface area contributed by atoms with E-state index in [1.54, 1.807) is 0 Å². The van der Waals surface area contributed by atoms with Crippen LogP contribution in [0.25, 0.3) is 0 Å². The van der Waals surface area contributed by atoms with Gasteiger partial charge >= 0.3 is 0 Å². The molecule has 4 nitrogen and oxygen atoms in total. The predicted octanol–water partition coefficient (Wildman–Crippen LogP) is 2.44. The van der Waals surface area contributed by atoms with E-state index in [9.17, 15) is 4.79 Å². The van der Waals surface area contributed by atoms with Gasteiger partial charge in [-0.1, -0.05) is 13.8 Å². The molecule has 1 aromatic heterocycles. The summed E-state index contributed by atoms with van der Waals surface area (Å²) in [6.07, 6.45) is 2.89. The van der Waals surface area contributed by atoms with E-state index in [1.807, 2.05) is 32.9 Å². The van der Waals surface area contributed by atoms with Crippen LogP contribution < -0.4 is 5.32 Å². The lowest BCUT2D eigenvalue weighted by Crippen LogP contribution is -2.26. The maximum absolute atomic E-state index is 11.6. The van der Waals surface area contributed by atoms with Gasteiger partial charge < -0.3 is 14.8 Å². The van der Waals surface area contributed by atoms with Crippen molar-refractivity contribution in [2.45, 2.75) is 46.5 Å². The molecule has 0 unspecified atom stereocenters. The Morgan fingerprint density at radius 3 is 2.74 bits per heavy atom. The SMILES string of the molecule is Cc1ccc(CCC(=O)NCCCC(C)(C)CO)o1. The summed E-state index contributed by atoms with van der Waals surface area (Å²) in [6, 6.07) is 3.82. The van der Waals surface area contributed by atoms with Gasteiger partial charge in [0.25, 0.3) is 0 Å². The highest BCUT2D eigenvalue weighted by molar-refractivity contribution is 5.76. The summed E-state index contributed by atoms with van der Waals surface area (Å²) in [5.74, 6) is 1.78. The van der Waals surface area contributed by atoms with Crippen LogP contribution >= 0.6 is 0 Å². The minimum absolute atomic E-state index is 0.0517. The lowest BCUT2D eigenvalue weighted by Gasteiger charge is -2.21. The Morgan fingerprint density at radius 2 is 2.16 bits per heavy atom. The van der Waals surface area contributed by atoms with Gasteiger partial charge in [0.1, 0.15) is 11.5 Å². The fourth-order valence-electron chi connectivity index (χ4n) is 1.82. The zero-order chi connectivity index (χ0) is 14.3. The van der Waals surface area contributed by atoms with E-state index < -0.39 is 0 Å². The summed E-state index contributed by atoms with van der Waals surface area (Å²) in [4.78, 5) is 11.6. The minimum Gasteiger partial charge on any atom is -0.466 e. The Morgan fingerprint density at radius 1 is 1.42 bits per heavy atom. The van der Waals surface area contributed by atoms with Gasteiger partial charge in [-0.25, -0.2) is 0 Å². The van der Waals surface area contributed by atoms with Crippen LogP contribution in [0.2, 0.25) is 0 Å². The average molecular weight is 267 g/mol. The first-order valence-corrected chi connectivity index (χ1v) is 6.86. The molecule has 0 aliphatic rings. The summed E-state index contributed by atoms with van der Waals surface area (Å²) in [6.45, 7) is 6.78. The number of amides is 1. The van der Waals surface area contributed by atoms with Crippen LogP contribution in [0, 0.1) is 12.3 Å². The molecule has 0 saturated carbocycles. The number of carbonyl (C=O) groups is 1. The van der Waals surface area contributed by atoms with Crippen LogP contribution in [-0.2, 0) is 11.2 Å². The van der Waals surface area contributed by atoms with Crippen molar-refractivity contribution >= 4 is 5.91 Å². The Hall–Kier alpha value is -1.29. The lowest BCUT2D eigenvalue weighted by molar-refractivity contribution is -0.121. The van der Waals surface area contributed by atoms with Crippen LogP contribution in [0.1, 0.15) is 44.6 Å². The van der Waals surface area contributed by atoms with Gasteiger partial charge in [-0.3, -0.25) is 4.79 Å². The number of aryl methyl sites for hydroxylation is 2. The quantitative estimate of drug-likeness (QED) is 0.711. The monoisotopic (exact) mass is 267 g/mol. The largest absolute Gasteiger partial charge is 0.466 e. The smallest absolute Gasteiger partial charge is 0.220 e. The van der Waals surface area contributed by atoms with Crippen molar-refractivity contribution in [2.24, 2.45) is 5.41 Å². The number of aliphatic hydroxyl groups is 1. The van der Waals surface area contributed by atoms with Crippen LogP contribution in [0.5, 0.6) is 0 Å². The number of aliphatic hydroxyl groups excluding tert-OH is 1. The van der Waals surface area contributed by atoms with Crippen LogP contribution in [0.4, 0.5) is 0 Å². The maximum Gasteiger partial charge on any atom is 0.220 e. The first kappa shape index (κ1) is 15.8. The zero-order valence-electron chi connectivity index (χ0n) is 12.2. The van der Waals surface area contributed by atoms with Crippen molar-refractivity contribution in [1.82, 2.24) is 5.32 Å². The molecule has 0 saturated heterocycles. The molecule has 0 atom stereocenters. The van der Waals surface area contributed by atoms with Gasteiger partial charge in [0.15, 0.2) is 0 Å². The second-order valence-electron chi connectivity index (χ2n) is 5.79. The van der Waals surface area contributed by atoms with Gasteiger partial charge in [-0.15, -0.1) is 0 Å². The Balaban J connectivity index is 2.11. The van der Waals surface area contributed by atoms with Crippen LogP contribution in [0.15, 0.2) is 16.5 Å². The van der Waals surface area contributed by atoms with Gasteiger partial charge in [-0.05, 0) is 37.3 Å². The molecular weight excluding hydrogens is 242 g/mol. The molecule has 1 heterocycles. The van der Waals surface area contributed by atoms with Crippen LogP contribution in [-0.4, -0.2) is 24.2 Å². The summed E-state index contributed by atoms with van der Waals surface area (Å²) in [7, 11) is 0. The first-order valence-electron chi connectivity index (χ1n) is 6.86. The molecule has 0 spiro atoms. The lowest BCUT2D eigenvalue weighted by atomic mass is 9.89. The molecule has 0 bridgehead atoms. The number of hydrogen-bond donors (Lipinski definition) is 2. The molecule has 1 amide bonds. The Labute approximate surface area is 115 Å². The average Bonchev–Trinajstić information content (AvgIpc) is 2.78. The standard InChI is InChI=1S/C15H25NO3/c1-12-5-6-13(19-12)7-8-14(18)16-10-4-9-15(2,3)11-17/h5-6,17H,4,7-11H2,1-3H3,(H,16,18). The molecule has 19 heavy (non-hydrogen) atoms. The minimum atomic E-state index is -0.0591. The van der Waals surface area contributed by atoms with Crippen molar-refractivity contribution in [1.29, 1.82) is 0 Å². The molecule has 4 heteroatoms. The van der Waals surface area contributed by atoms with Crippen molar-refractivity contribution in [3.63, 3.8) is 0 Å². The molecule has 2 N–H and O–H groups in total. The highest BCUT2D eigenvalue weighted by Crippen LogP contribution is 2.20. The van der Waals surface area contributed by atoms with Crippen molar-refractivity contribution < 1.29 is 14.3 Å². The van der Waals surface area contributed by atoms with Crippen LogP contribution in [0.3, 0.4) is 0 Å². The van der Waals surface area contributed by atoms with E-state index in [1.165, 1.54) is 0 Å². The Kier molecular flexibility index (Phi) is 6.09. The fourth-order valence-corrected chi connectivity index (χ4v) is 1.82. The fraction of sp³-hybridized carbons (Fsp3) is 0.667. The third kappa shape index (κ3) is 6.43. The molecule has 0 aliphatic heterocycles. The first-order chi connectivity index (χ1) is 8.93. The third-order valence-electron chi connectivity index (χ3n) is 3.18. The van der Waals surface area contributed by atoms with E-state index in [2.05, 4.69) is 5.32 Å². The van der Waals surface area contributed by atoms with E-state index in [-0.39, 0.29) is 17.9 Å². The summed E-state index contributed by atoms with van der Waals surface area (Å²) in [5.41, 5.74) is -0.0591. The molecule has 1 aromatic rings. The third-order valence-corrected chi connectivity index (χ3v) is 3.18. The zero-order valence-corrected chi connectivity index (χ0v) is 12.2. The van der Waals surface area contributed by atoms with Crippen molar-refractivity contribution in [3.8, 4) is 0 Å². The van der Waals surface area contributed by atoms with Gasteiger partial charge in [0, 0.05) is 26.0 Å². The maximum atomic E-state index is 11.6. The topological polar surface area (TPSA) is 62.5 Å². The van der Waals surface area contributed by atoms with Gasteiger partial charge in [0.2, 0.25) is 5.91 Å². The molecule has 108 valence electrons. The number of hydrogen-bond acceptors (Lipinski definition) is 3. The Bertz CT molecular complexity index is 396. The molecule has 1 rings (SSSR count). The van der Waals surface area contributed by atoms with E-state index >= 15 is 0 Å². The molecule has 0 fully saturated rings. The molecule has 0 aromatic carbocycles. The van der Waals surface area contributed by atoms with E-state index in [0.29, 0.717) is 19.4 Å². The number of nitrogens with one attached hydrogen (secondary N) is 1. The predicted molar refractivity (Wildman–Crippen MR) is 74.9 cm³/mol. The summed E-state index contributed by atoms with van der Waals surface area (Å²) < 4.78 is 5.41. The van der Waals surface area contributed by atoms with E-state index in [4.69, 9.17) is 9.52 Å². The highest BCUT2D eigenvalue weighted by Gasteiger charge is 2.15. The second kappa shape index (κ2) is 7.34. The summed E-state index contributed by atoms with van der Waals surface area (Å²) in [5, 5.41) is 12.0. The van der Waals surface area contributed by atoms with Crippen molar-refractivity contribution in [2.75, 3.05) is 13.2 Å². The normalized spacial score (nSPS) is 11.6. The second-order valence-corrected chi connectivity index (χ2v) is 5.79. The van der Waals surface area contributed by atoms with Gasteiger partial charge in [0.05, 0.1) is 0 Å². The molecule has 0 aliphatic carbocycles. The highest BCUT2D eigenvalue weighted by atomic mass is 16.3. The number of furan rings is 1. The molecule has 0 radical (unpaired) electrons. The summed E-state index contributed by atoms with van der Waals surface area (Å²) >= 11 is 0. The molecular formula is C15H25NO3. The van der Waals surface area contributed by atoms with Gasteiger partial charge in [-0.2, -0.15) is 0 Å². The number of carbonyl (C=O) groups excluding carboxylic acids is 1.